The van der Waals surface area contributed by atoms with Gasteiger partial charge in [0.25, 0.3) is 11.8 Å². The minimum Gasteiger partial charge on any atom is -0.353 e. The number of nitrogens with one attached hydrogen (secondary N) is 3. The first-order valence-electron chi connectivity index (χ1n) is 7.54. The Morgan fingerprint density at radius 2 is 2.05 bits per heavy atom. The normalized spacial score (nSPS) is 23.6. The number of carbonyl (C=O) groups is 2. The molecule has 1 atom stereocenters. The van der Waals surface area contributed by atoms with Crippen molar-refractivity contribution in [3.63, 3.8) is 0 Å². The van der Waals surface area contributed by atoms with Crippen molar-refractivity contribution in [3.05, 3.63) is 23.2 Å². The van der Waals surface area contributed by atoms with Gasteiger partial charge in [0.15, 0.2) is 0 Å². The van der Waals surface area contributed by atoms with Gasteiger partial charge in [0.2, 0.25) is 0 Å². The first kappa shape index (κ1) is 15.6. The van der Waals surface area contributed by atoms with Crippen LogP contribution in [0.25, 0.3) is 0 Å². The second kappa shape index (κ2) is 6.76. The van der Waals surface area contributed by atoms with Gasteiger partial charge in [-0.15, -0.1) is 0 Å². The van der Waals surface area contributed by atoms with Crippen LogP contribution in [0.15, 0.2) is 23.2 Å². The van der Waals surface area contributed by atoms with Crippen molar-refractivity contribution < 1.29 is 9.59 Å². The number of allylic oxidation sites excluding steroid dienone is 1. The second-order valence-corrected chi connectivity index (χ2v) is 5.81. The molecule has 0 saturated heterocycles. The van der Waals surface area contributed by atoms with E-state index >= 15 is 0 Å². The molecule has 1 unspecified atom stereocenters. The van der Waals surface area contributed by atoms with Gasteiger partial charge in [0.05, 0.1) is 5.57 Å². The molecule has 1 aliphatic carbocycles. The van der Waals surface area contributed by atoms with E-state index in [4.69, 9.17) is 5.73 Å². The van der Waals surface area contributed by atoms with Gasteiger partial charge in [-0.2, -0.15) is 0 Å². The third kappa shape index (κ3) is 3.85. The number of hydrogen-bond donors (Lipinski definition) is 4. The van der Waals surface area contributed by atoms with Gasteiger partial charge in [-0.3, -0.25) is 9.59 Å². The lowest BCUT2D eigenvalue weighted by Crippen LogP contribution is -2.45. The SMILES string of the molecule is CC1=CNC(=O)/C(=C(\C(=O)NC2CCCCC2)C(C)N)N1. The zero-order valence-corrected chi connectivity index (χ0v) is 12.7. The maximum absolute atomic E-state index is 12.5. The summed E-state index contributed by atoms with van der Waals surface area (Å²) in [6.07, 6.45) is 7.05. The molecule has 6 nitrogen and oxygen atoms in total. The Balaban J connectivity index is 2.19. The van der Waals surface area contributed by atoms with Crippen LogP contribution in [0.4, 0.5) is 0 Å². The number of amides is 2. The highest BCUT2D eigenvalue weighted by atomic mass is 16.2. The molecule has 6 heteroatoms. The summed E-state index contributed by atoms with van der Waals surface area (Å²) in [5.41, 5.74) is 7.25. The fourth-order valence-corrected chi connectivity index (χ4v) is 2.78. The molecular formula is C15H24N4O2. The molecule has 0 aromatic heterocycles. The van der Waals surface area contributed by atoms with Crippen molar-refractivity contribution in [1.29, 1.82) is 0 Å². The van der Waals surface area contributed by atoms with Crippen LogP contribution in [0, 0.1) is 0 Å². The standard InChI is InChI=1S/C15H24N4O2/c1-9-8-17-15(21)13(18-9)12(10(2)16)14(20)19-11-6-4-3-5-7-11/h8,10-11,18H,3-7,16H2,1-2H3,(H,17,21)(H,19,20)/b13-12+. The zero-order chi connectivity index (χ0) is 15.4. The van der Waals surface area contributed by atoms with Crippen molar-refractivity contribution in [1.82, 2.24) is 16.0 Å². The highest BCUT2D eigenvalue weighted by Gasteiger charge is 2.27. The van der Waals surface area contributed by atoms with Crippen LogP contribution in [0.5, 0.6) is 0 Å². The summed E-state index contributed by atoms with van der Waals surface area (Å²) in [7, 11) is 0. The number of hydrogen-bond acceptors (Lipinski definition) is 4. The molecule has 1 fully saturated rings. The van der Waals surface area contributed by atoms with Crippen LogP contribution < -0.4 is 21.7 Å². The lowest BCUT2D eigenvalue weighted by molar-refractivity contribution is -0.120. The Bertz CT molecular complexity index is 488. The Hall–Kier alpha value is -1.82. The summed E-state index contributed by atoms with van der Waals surface area (Å²) < 4.78 is 0. The van der Waals surface area contributed by atoms with E-state index in [0.717, 1.165) is 31.4 Å². The molecule has 2 aliphatic rings. The molecule has 5 N–H and O–H groups in total. The second-order valence-electron chi connectivity index (χ2n) is 5.81. The quantitative estimate of drug-likeness (QED) is 0.573. The van der Waals surface area contributed by atoms with Crippen LogP contribution in [0.1, 0.15) is 46.0 Å². The van der Waals surface area contributed by atoms with Crippen LogP contribution in [0.2, 0.25) is 0 Å². The van der Waals surface area contributed by atoms with Crippen LogP contribution in [-0.2, 0) is 9.59 Å². The maximum atomic E-state index is 12.5. The van der Waals surface area contributed by atoms with Gasteiger partial charge >= 0.3 is 0 Å². The average molecular weight is 292 g/mol. The van der Waals surface area contributed by atoms with E-state index in [1.807, 2.05) is 6.92 Å². The van der Waals surface area contributed by atoms with E-state index < -0.39 is 6.04 Å². The van der Waals surface area contributed by atoms with Crippen LogP contribution in [-0.4, -0.2) is 23.9 Å². The van der Waals surface area contributed by atoms with E-state index in [0.29, 0.717) is 5.57 Å². The van der Waals surface area contributed by atoms with E-state index in [1.54, 1.807) is 13.1 Å². The third-order valence-corrected chi connectivity index (χ3v) is 3.88. The van der Waals surface area contributed by atoms with Gasteiger partial charge < -0.3 is 21.7 Å². The molecule has 0 aromatic rings. The van der Waals surface area contributed by atoms with Gasteiger partial charge in [0.1, 0.15) is 5.70 Å². The molecular weight excluding hydrogens is 268 g/mol. The monoisotopic (exact) mass is 292 g/mol. The van der Waals surface area contributed by atoms with Gasteiger partial charge in [-0.25, -0.2) is 0 Å². The average Bonchev–Trinajstić information content (AvgIpc) is 2.43. The highest BCUT2D eigenvalue weighted by Crippen LogP contribution is 2.19. The van der Waals surface area contributed by atoms with E-state index in [1.165, 1.54) is 6.42 Å². The summed E-state index contributed by atoms with van der Waals surface area (Å²) >= 11 is 0. The Morgan fingerprint density at radius 1 is 1.38 bits per heavy atom. The van der Waals surface area contributed by atoms with Gasteiger partial charge in [-0.1, -0.05) is 19.3 Å². The maximum Gasteiger partial charge on any atom is 0.272 e. The molecule has 2 rings (SSSR count). The summed E-state index contributed by atoms with van der Waals surface area (Å²) in [6, 6.07) is -0.336. The molecule has 0 bridgehead atoms. The van der Waals surface area contributed by atoms with Gasteiger partial charge in [0, 0.05) is 24.0 Å². The predicted octanol–water partition coefficient (Wildman–Crippen LogP) is 0.617. The largest absolute Gasteiger partial charge is 0.353 e. The number of nitrogens with two attached hydrogens (primary N) is 1. The lowest BCUT2D eigenvalue weighted by atomic mass is 9.94. The number of rotatable bonds is 3. The Morgan fingerprint density at radius 3 is 2.67 bits per heavy atom. The highest BCUT2D eigenvalue weighted by molar-refractivity contribution is 6.06. The molecule has 1 heterocycles. The molecule has 0 aromatic carbocycles. The molecule has 0 spiro atoms. The molecule has 116 valence electrons. The van der Waals surface area contributed by atoms with E-state index in [9.17, 15) is 9.59 Å². The molecule has 0 radical (unpaired) electrons. The lowest BCUT2D eigenvalue weighted by Gasteiger charge is -2.26. The van der Waals surface area contributed by atoms with Crippen LogP contribution >= 0.6 is 0 Å². The zero-order valence-electron chi connectivity index (χ0n) is 12.7. The molecule has 1 saturated carbocycles. The topological polar surface area (TPSA) is 96.2 Å². The first-order valence-corrected chi connectivity index (χ1v) is 7.54. The predicted molar refractivity (Wildman–Crippen MR) is 80.7 cm³/mol. The summed E-state index contributed by atoms with van der Waals surface area (Å²) in [5.74, 6) is -0.573. The van der Waals surface area contributed by atoms with Crippen molar-refractivity contribution >= 4 is 11.8 Å². The van der Waals surface area contributed by atoms with Crippen molar-refractivity contribution in [2.24, 2.45) is 5.73 Å². The van der Waals surface area contributed by atoms with Gasteiger partial charge in [-0.05, 0) is 26.7 Å². The summed E-state index contributed by atoms with van der Waals surface area (Å²) in [5, 5.41) is 8.59. The Labute approximate surface area is 125 Å². The van der Waals surface area contributed by atoms with Crippen molar-refractivity contribution in [2.75, 3.05) is 0 Å². The number of carbonyl (C=O) groups excluding carboxylic acids is 2. The fraction of sp³-hybridized carbons (Fsp3) is 0.600. The molecule has 21 heavy (non-hydrogen) atoms. The fourth-order valence-electron chi connectivity index (χ4n) is 2.78. The van der Waals surface area contributed by atoms with E-state index in [-0.39, 0.29) is 23.6 Å². The Kier molecular flexibility index (Phi) is 5.01. The molecule has 1 aliphatic heterocycles. The van der Waals surface area contributed by atoms with Crippen LogP contribution in [0.3, 0.4) is 0 Å². The third-order valence-electron chi connectivity index (χ3n) is 3.88. The van der Waals surface area contributed by atoms with Crippen molar-refractivity contribution in [3.8, 4) is 0 Å². The first-order chi connectivity index (χ1) is 9.99. The minimum atomic E-state index is -0.521. The smallest absolute Gasteiger partial charge is 0.272 e. The summed E-state index contributed by atoms with van der Waals surface area (Å²) in [4.78, 5) is 24.5. The van der Waals surface area contributed by atoms with Crippen molar-refractivity contribution in [2.45, 2.75) is 58.0 Å². The van der Waals surface area contributed by atoms with E-state index in [2.05, 4.69) is 16.0 Å². The minimum absolute atomic E-state index is 0.184. The summed E-state index contributed by atoms with van der Waals surface area (Å²) in [6.45, 7) is 3.53. The molecule has 2 amide bonds.